The molecule has 1 saturated heterocycles. The molecule has 16 heavy (non-hydrogen) atoms. The lowest BCUT2D eigenvalue weighted by Gasteiger charge is -2.33. The number of carbonyl (C=O) groups excluding carboxylic acids is 1. The highest BCUT2D eigenvalue weighted by Gasteiger charge is 2.33. The maximum Gasteiger partial charge on any atom is 0.222 e. The van der Waals surface area contributed by atoms with Crippen molar-refractivity contribution in [2.24, 2.45) is 5.92 Å². The second-order valence-corrected chi connectivity index (χ2v) is 5.08. The van der Waals surface area contributed by atoms with Crippen LogP contribution in [0, 0.1) is 5.92 Å². The Hall–Kier alpha value is -0.610. The number of methoxy groups -OCH3 is 1. The number of likely N-dealkylation sites (tertiary alicyclic amines) is 1. The molecule has 2 aliphatic rings. The SMILES string of the molecule is COCC(NC1CCC(=O)N(C)C1)C1CC1. The molecule has 4 heteroatoms. The first-order valence-corrected chi connectivity index (χ1v) is 6.19. The standard InChI is InChI=1S/C12H22N2O2/c1-14-7-10(5-6-12(14)15)13-11(8-16-2)9-3-4-9/h9-11,13H,3-8H2,1-2H3. The Balaban J connectivity index is 1.80. The van der Waals surface area contributed by atoms with Gasteiger partial charge in [-0.3, -0.25) is 4.79 Å². The van der Waals surface area contributed by atoms with E-state index in [1.54, 1.807) is 7.11 Å². The number of hydrogen-bond donors (Lipinski definition) is 1. The third-order valence-electron chi connectivity index (χ3n) is 3.61. The minimum Gasteiger partial charge on any atom is -0.383 e. The van der Waals surface area contributed by atoms with Gasteiger partial charge < -0.3 is 15.0 Å². The molecule has 1 aliphatic carbocycles. The monoisotopic (exact) mass is 226 g/mol. The van der Waals surface area contributed by atoms with E-state index in [0.29, 0.717) is 18.5 Å². The third-order valence-corrected chi connectivity index (χ3v) is 3.61. The van der Waals surface area contributed by atoms with Gasteiger partial charge in [0, 0.05) is 39.2 Å². The van der Waals surface area contributed by atoms with Crippen LogP contribution in [0.3, 0.4) is 0 Å². The van der Waals surface area contributed by atoms with Gasteiger partial charge in [-0.1, -0.05) is 0 Å². The van der Waals surface area contributed by atoms with Crippen molar-refractivity contribution in [2.75, 3.05) is 27.3 Å². The van der Waals surface area contributed by atoms with E-state index in [-0.39, 0.29) is 5.91 Å². The van der Waals surface area contributed by atoms with E-state index < -0.39 is 0 Å². The second-order valence-electron chi connectivity index (χ2n) is 5.08. The summed E-state index contributed by atoms with van der Waals surface area (Å²) in [6.45, 7) is 1.63. The second kappa shape index (κ2) is 5.15. The summed E-state index contributed by atoms with van der Waals surface area (Å²) in [6, 6.07) is 0.931. The molecule has 0 aromatic rings. The number of amides is 1. The molecule has 0 bridgehead atoms. The summed E-state index contributed by atoms with van der Waals surface area (Å²) < 4.78 is 5.25. The summed E-state index contributed by atoms with van der Waals surface area (Å²) in [4.78, 5) is 13.2. The van der Waals surface area contributed by atoms with E-state index in [1.807, 2.05) is 11.9 Å². The van der Waals surface area contributed by atoms with Crippen LogP contribution in [0.1, 0.15) is 25.7 Å². The van der Waals surface area contributed by atoms with Crippen LogP contribution in [0.5, 0.6) is 0 Å². The zero-order valence-corrected chi connectivity index (χ0v) is 10.2. The molecule has 0 spiro atoms. The number of rotatable bonds is 5. The van der Waals surface area contributed by atoms with Crippen molar-refractivity contribution in [3.8, 4) is 0 Å². The molecule has 1 heterocycles. The molecule has 1 saturated carbocycles. The molecular weight excluding hydrogens is 204 g/mol. The largest absolute Gasteiger partial charge is 0.383 e. The summed E-state index contributed by atoms with van der Waals surface area (Å²) >= 11 is 0. The van der Waals surface area contributed by atoms with Crippen LogP contribution in [0.15, 0.2) is 0 Å². The number of piperidine rings is 1. The highest BCUT2D eigenvalue weighted by Crippen LogP contribution is 2.33. The van der Waals surface area contributed by atoms with Crippen LogP contribution < -0.4 is 5.32 Å². The number of hydrogen-bond acceptors (Lipinski definition) is 3. The molecule has 2 atom stereocenters. The zero-order valence-electron chi connectivity index (χ0n) is 10.2. The molecule has 1 amide bonds. The smallest absolute Gasteiger partial charge is 0.222 e. The van der Waals surface area contributed by atoms with Crippen LogP contribution in [-0.4, -0.2) is 50.2 Å². The van der Waals surface area contributed by atoms with Gasteiger partial charge >= 0.3 is 0 Å². The number of nitrogens with one attached hydrogen (secondary N) is 1. The first-order chi connectivity index (χ1) is 7.70. The maximum absolute atomic E-state index is 11.4. The first kappa shape index (κ1) is 11.9. The molecule has 0 radical (unpaired) electrons. The van der Waals surface area contributed by atoms with Gasteiger partial charge in [0.05, 0.1) is 6.61 Å². The Kier molecular flexibility index (Phi) is 3.82. The molecule has 1 N–H and O–H groups in total. The van der Waals surface area contributed by atoms with Gasteiger partial charge in [0.25, 0.3) is 0 Å². The van der Waals surface area contributed by atoms with Gasteiger partial charge in [0.15, 0.2) is 0 Å². The van der Waals surface area contributed by atoms with Crippen LogP contribution >= 0.6 is 0 Å². The molecule has 0 aromatic heterocycles. The number of ether oxygens (including phenoxy) is 1. The van der Waals surface area contributed by atoms with Crippen LogP contribution in [-0.2, 0) is 9.53 Å². The van der Waals surface area contributed by atoms with Crippen molar-refractivity contribution in [3.63, 3.8) is 0 Å². The molecule has 1 aliphatic heterocycles. The van der Waals surface area contributed by atoms with Crippen LogP contribution in [0.2, 0.25) is 0 Å². The summed E-state index contributed by atoms with van der Waals surface area (Å²) in [5, 5.41) is 3.65. The molecular formula is C12H22N2O2. The predicted molar refractivity (Wildman–Crippen MR) is 62.2 cm³/mol. The summed E-state index contributed by atoms with van der Waals surface area (Å²) in [7, 11) is 3.65. The Morgan fingerprint density at radius 2 is 2.25 bits per heavy atom. The zero-order chi connectivity index (χ0) is 11.5. The van der Waals surface area contributed by atoms with E-state index in [2.05, 4.69) is 5.32 Å². The molecule has 2 rings (SSSR count). The Morgan fingerprint density at radius 3 is 2.81 bits per heavy atom. The van der Waals surface area contributed by atoms with Crippen molar-refractivity contribution in [1.82, 2.24) is 10.2 Å². The lowest BCUT2D eigenvalue weighted by molar-refractivity contribution is -0.132. The van der Waals surface area contributed by atoms with Gasteiger partial charge in [-0.25, -0.2) is 0 Å². The predicted octanol–water partition coefficient (Wildman–Crippen LogP) is 0.622. The highest BCUT2D eigenvalue weighted by atomic mass is 16.5. The summed E-state index contributed by atoms with van der Waals surface area (Å²) in [5.41, 5.74) is 0. The van der Waals surface area contributed by atoms with E-state index >= 15 is 0 Å². The van der Waals surface area contributed by atoms with Crippen LogP contribution in [0.25, 0.3) is 0 Å². The third kappa shape index (κ3) is 2.95. The topological polar surface area (TPSA) is 41.6 Å². The van der Waals surface area contributed by atoms with E-state index in [4.69, 9.17) is 4.74 Å². The van der Waals surface area contributed by atoms with E-state index in [0.717, 1.165) is 25.5 Å². The normalized spacial score (nSPS) is 28.2. The summed E-state index contributed by atoms with van der Waals surface area (Å²) in [5.74, 6) is 1.07. The van der Waals surface area contributed by atoms with Crippen molar-refractivity contribution in [2.45, 2.75) is 37.8 Å². The van der Waals surface area contributed by atoms with Gasteiger partial charge in [0.2, 0.25) is 5.91 Å². The van der Waals surface area contributed by atoms with Crippen molar-refractivity contribution < 1.29 is 9.53 Å². The fourth-order valence-corrected chi connectivity index (χ4v) is 2.45. The molecule has 0 aromatic carbocycles. The summed E-state index contributed by atoms with van der Waals surface area (Å²) in [6.07, 6.45) is 4.29. The molecule has 4 nitrogen and oxygen atoms in total. The fraction of sp³-hybridized carbons (Fsp3) is 0.917. The van der Waals surface area contributed by atoms with Crippen molar-refractivity contribution >= 4 is 5.91 Å². The van der Waals surface area contributed by atoms with Gasteiger partial charge in [-0.05, 0) is 25.2 Å². The lowest BCUT2D eigenvalue weighted by Crippen LogP contribution is -2.51. The Bertz CT molecular complexity index is 253. The van der Waals surface area contributed by atoms with Gasteiger partial charge in [-0.2, -0.15) is 0 Å². The van der Waals surface area contributed by atoms with Crippen LogP contribution in [0.4, 0.5) is 0 Å². The quantitative estimate of drug-likeness (QED) is 0.747. The lowest BCUT2D eigenvalue weighted by atomic mass is 10.0. The maximum atomic E-state index is 11.4. The number of carbonyl (C=O) groups is 1. The highest BCUT2D eigenvalue weighted by molar-refractivity contribution is 5.76. The van der Waals surface area contributed by atoms with E-state index in [1.165, 1.54) is 12.8 Å². The van der Waals surface area contributed by atoms with Crippen molar-refractivity contribution in [3.05, 3.63) is 0 Å². The number of nitrogens with zero attached hydrogens (tertiary/aromatic N) is 1. The molecule has 2 fully saturated rings. The Labute approximate surface area is 97.3 Å². The fourth-order valence-electron chi connectivity index (χ4n) is 2.45. The molecule has 2 unspecified atom stereocenters. The van der Waals surface area contributed by atoms with Crippen molar-refractivity contribution in [1.29, 1.82) is 0 Å². The average molecular weight is 226 g/mol. The molecule has 92 valence electrons. The minimum absolute atomic E-state index is 0.271. The number of likely N-dealkylation sites (N-methyl/N-ethyl adjacent to an activating group) is 1. The minimum atomic E-state index is 0.271. The average Bonchev–Trinajstić information content (AvgIpc) is 3.06. The first-order valence-electron chi connectivity index (χ1n) is 6.19. The van der Waals surface area contributed by atoms with Gasteiger partial charge in [0.1, 0.15) is 0 Å². The van der Waals surface area contributed by atoms with E-state index in [9.17, 15) is 4.79 Å². The Morgan fingerprint density at radius 1 is 1.50 bits per heavy atom. The van der Waals surface area contributed by atoms with Gasteiger partial charge in [-0.15, -0.1) is 0 Å².